The Kier molecular flexibility index (Phi) is 7.95. The van der Waals surface area contributed by atoms with E-state index in [0.717, 1.165) is 31.2 Å². The molecule has 0 fully saturated rings. The molecule has 0 spiro atoms. The molecular weight excluding hydrogens is 560 g/mol. The second-order valence-electron chi connectivity index (χ2n) is 8.07. The maximum Gasteiger partial charge on any atom is 0.123 e. The zero-order valence-corrected chi connectivity index (χ0v) is 22.5. The number of phenolic OH excluding ortho intramolecular Hbond substituents is 4. The molecule has 4 aromatic carbocycles. The molecule has 4 N–H and O–H groups in total. The highest BCUT2D eigenvalue weighted by molar-refractivity contribution is 9.10. The van der Waals surface area contributed by atoms with Crippen molar-refractivity contribution in [1.29, 1.82) is 0 Å². The molecule has 0 aliphatic carbocycles. The van der Waals surface area contributed by atoms with Crippen LogP contribution in [0.1, 0.15) is 22.3 Å². The molecule has 0 saturated heterocycles. The van der Waals surface area contributed by atoms with E-state index in [9.17, 15) is 20.4 Å². The number of hydrogen-bond acceptors (Lipinski definition) is 4. The highest BCUT2D eigenvalue weighted by Crippen LogP contribution is 2.44. The summed E-state index contributed by atoms with van der Waals surface area (Å²) in [4.78, 5) is 0. The first-order valence-corrected chi connectivity index (χ1v) is 12.2. The first kappa shape index (κ1) is 25.7. The Labute approximate surface area is 216 Å². The summed E-state index contributed by atoms with van der Waals surface area (Å²) in [5, 5.41) is 39.9. The number of benzene rings is 4. The second-order valence-corrected chi connectivity index (χ2v) is 9.78. The third kappa shape index (κ3) is 5.08. The smallest absolute Gasteiger partial charge is 0.123 e. The monoisotopic (exact) mass is 584 g/mol. The van der Waals surface area contributed by atoms with Crippen molar-refractivity contribution in [1.82, 2.24) is 0 Å². The molecule has 34 heavy (non-hydrogen) atoms. The van der Waals surface area contributed by atoms with E-state index in [-0.39, 0.29) is 23.0 Å². The largest absolute Gasteiger partial charge is 0.507 e. The van der Waals surface area contributed by atoms with Crippen molar-refractivity contribution < 1.29 is 20.4 Å². The lowest BCUT2D eigenvalue weighted by molar-refractivity contribution is 0.468. The highest BCUT2D eigenvalue weighted by Gasteiger charge is 2.18. The predicted molar refractivity (Wildman–Crippen MR) is 145 cm³/mol. The molecular formula is C28H26Br2O4. The summed E-state index contributed by atoms with van der Waals surface area (Å²) in [5.41, 5.74) is 6.41. The van der Waals surface area contributed by atoms with Gasteiger partial charge in [-0.05, 0) is 86.3 Å². The summed E-state index contributed by atoms with van der Waals surface area (Å²) >= 11 is 6.88. The molecule has 0 unspecified atom stereocenters. The number of phenols is 4. The van der Waals surface area contributed by atoms with E-state index in [1.54, 1.807) is 48.5 Å². The number of hydrogen-bond donors (Lipinski definition) is 4. The Bertz CT molecular complexity index is 1220. The second kappa shape index (κ2) is 10.5. The average molecular weight is 586 g/mol. The molecule has 0 bridgehead atoms. The number of halogens is 2. The lowest BCUT2D eigenvalue weighted by atomic mass is 9.95. The van der Waals surface area contributed by atoms with Crippen LogP contribution < -0.4 is 0 Å². The van der Waals surface area contributed by atoms with E-state index in [2.05, 4.69) is 31.9 Å². The van der Waals surface area contributed by atoms with Gasteiger partial charge in [-0.2, -0.15) is 0 Å². The van der Waals surface area contributed by atoms with Gasteiger partial charge in [-0.25, -0.2) is 0 Å². The van der Waals surface area contributed by atoms with Crippen LogP contribution in [0.15, 0.2) is 69.6 Å². The van der Waals surface area contributed by atoms with Crippen LogP contribution in [0.25, 0.3) is 22.3 Å². The first-order valence-electron chi connectivity index (χ1n) is 10.6. The van der Waals surface area contributed by atoms with E-state index in [1.807, 2.05) is 39.8 Å². The molecule has 4 rings (SSSR count). The van der Waals surface area contributed by atoms with Crippen LogP contribution in [0.2, 0.25) is 0 Å². The van der Waals surface area contributed by atoms with Crippen LogP contribution in [0.4, 0.5) is 0 Å². The van der Waals surface area contributed by atoms with Crippen LogP contribution in [0, 0.1) is 27.7 Å². The summed E-state index contributed by atoms with van der Waals surface area (Å²) < 4.78 is 1.79. The van der Waals surface area contributed by atoms with Crippen molar-refractivity contribution in [3.05, 3.63) is 91.9 Å². The van der Waals surface area contributed by atoms with Crippen molar-refractivity contribution in [2.75, 3.05) is 0 Å². The molecule has 0 heterocycles. The molecule has 0 saturated carbocycles. The van der Waals surface area contributed by atoms with Crippen LogP contribution >= 0.6 is 31.9 Å². The van der Waals surface area contributed by atoms with Gasteiger partial charge < -0.3 is 20.4 Å². The van der Waals surface area contributed by atoms with Crippen LogP contribution in [-0.4, -0.2) is 20.4 Å². The van der Waals surface area contributed by atoms with Gasteiger partial charge in [0, 0.05) is 31.2 Å². The maximum absolute atomic E-state index is 10.1. The Morgan fingerprint density at radius 3 is 1.09 bits per heavy atom. The quantitative estimate of drug-likeness (QED) is 0.191. The lowest BCUT2D eigenvalue weighted by Gasteiger charge is -2.15. The summed E-state index contributed by atoms with van der Waals surface area (Å²) in [6, 6.07) is 17.5. The number of aromatic hydroxyl groups is 4. The van der Waals surface area contributed by atoms with Crippen LogP contribution in [0.5, 0.6) is 23.0 Å². The van der Waals surface area contributed by atoms with E-state index in [4.69, 9.17) is 0 Å². The topological polar surface area (TPSA) is 80.9 Å². The van der Waals surface area contributed by atoms with E-state index < -0.39 is 0 Å². The molecule has 0 amide bonds. The third-order valence-electron chi connectivity index (χ3n) is 5.76. The van der Waals surface area contributed by atoms with Gasteiger partial charge in [-0.1, -0.05) is 56.1 Å². The normalized spacial score (nSPS) is 10.5. The summed E-state index contributed by atoms with van der Waals surface area (Å²) in [6.45, 7) is 7.64. The van der Waals surface area contributed by atoms with Crippen LogP contribution in [0.3, 0.4) is 0 Å². The summed E-state index contributed by atoms with van der Waals surface area (Å²) in [5.74, 6) is 0.716. The Morgan fingerprint density at radius 2 is 0.765 bits per heavy atom. The molecule has 4 aromatic rings. The highest BCUT2D eigenvalue weighted by atomic mass is 79.9. The summed E-state index contributed by atoms with van der Waals surface area (Å²) in [7, 11) is 0. The fourth-order valence-electron chi connectivity index (χ4n) is 3.93. The van der Waals surface area contributed by atoms with Crippen molar-refractivity contribution in [2.24, 2.45) is 0 Å². The zero-order valence-electron chi connectivity index (χ0n) is 19.3. The molecule has 176 valence electrons. The van der Waals surface area contributed by atoms with Crippen molar-refractivity contribution >= 4 is 31.9 Å². The van der Waals surface area contributed by atoms with Crippen molar-refractivity contribution in [3.63, 3.8) is 0 Å². The fourth-order valence-corrected chi connectivity index (χ4v) is 4.59. The molecule has 0 radical (unpaired) electrons. The first-order chi connectivity index (χ1) is 16.0. The lowest BCUT2D eigenvalue weighted by Crippen LogP contribution is -1.91. The minimum absolute atomic E-state index is 0.159. The number of aryl methyl sites for hydroxylation is 2. The molecule has 6 heteroatoms. The van der Waals surface area contributed by atoms with Gasteiger partial charge >= 0.3 is 0 Å². The molecule has 0 aliphatic rings. The van der Waals surface area contributed by atoms with E-state index in [1.165, 1.54) is 0 Å². The van der Waals surface area contributed by atoms with Gasteiger partial charge in [0.25, 0.3) is 0 Å². The zero-order chi connectivity index (χ0) is 25.2. The maximum atomic E-state index is 10.1. The van der Waals surface area contributed by atoms with Crippen molar-refractivity contribution in [2.45, 2.75) is 27.7 Å². The number of rotatable bonds is 2. The fraction of sp³-hybridized carbons (Fsp3) is 0.143. The van der Waals surface area contributed by atoms with E-state index >= 15 is 0 Å². The van der Waals surface area contributed by atoms with Gasteiger partial charge in [0.05, 0.1) is 0 Å². The standard InChI is InChI=1S/C14H12Br2O2.C14H14O2/c1-7-9(15)3-5-11(17)13(7)14-8(2)10(16)4-6-12(14)18;1-9-5-3-7-11(15)13(9)14-10(2)6-4-8-12(14)16/h3-6,17-18H,1-2H3;3-8,15-16H,1-2H3. The van der Waals surface area contributed by atoms with Crippen LogP contribution in [-0.2, 0) is 0 Å². The third-order valence-corrected chi connectivity index (χ3v) is 7.47. The van der Waals surface area contributed by atoms with Gasteiger partial charge in [0.15, 0.2) is 0 Å². The van der Waals surface area contributed by atoms with Gasteiger partial charge in [-0.15, -0.1) is 0 Å². The van der Waals surface area contributed by atoms with Gasteiger partial charge in [-0.3, -0.25) is 0 Å². The van der Waals surface area contributed by atoms with Gasteiger partial charge in [0.1, 0.15) is 23.0 Å². The molecule has 0 atom stereocenters. The molecule has 0 aromatic heterocycles. The van der Waals surface area contributed by atoms with Crippen molar-refractivity contribution in [3.8, 4) is 45.3 Å². The Balaban J connectivity index is 0.000000192. The Morgan fingerprint density at radius 1 is 0.441 bits per heavy atom. The predicted octanol–water partition coefficient (Wildman–Crippen LogP) is 8.29. The average Bonchev–Trinajstić information content (AvgIpc) is 2.78. The molecule has 0 aliphatic heterocycles. The SMILES string of the molecule is Cc1c(Br)ccc(O)c1-c1c(O)ccc(Br)c1C.Cc1cccc(O)c1-c1c(C)cccc1O. The Hall–Kier alpha value is -2.96. The van der Waals surface area contributed by atoms with Gasteiger partial charge in [0.2, 0.25) is 0 Å². The molecule has 4 nitrogen and oxygen atoms in total. The minimum atomic E-state index is 0.159. The van der Waals surface area contributed by atoms with E-state index in [0.29, 0.717) is 22.3 Å². The summed E-state index contributed by atoms with van der Waals surface area (Å²) in [6.07, 6.45) is 0. The minimum Gasteiger partial charge on any atom is -0.507 e.